The highest BCUT2D eigenvalue weighted by atomic mass is 79.9. The van der Waals surface area contributed by atoms with Crippen LogP contribution < -0.4 is 10.6 Å². The summed E-state index contributed by atoms with van der Waals surface area (Å²) in [7, 11) is 4.14. The summed E-state index contributed by atoms with van der Waals surface area (Å²) in [5, 5.41) is 6.28. The minimum Gasteiger partial charge on any atom is -0.385 e. The van der Waals surface area contributed by atoms with Crippen molar-refractivity contribution in [3.63, 3.8) is 0 Å². The lowest BCUT2D eigenvalue weighted by Crippen LogP contribution is -2.16. The molecule has 0 radical (unpaired) electrons. The van der Waals surface area contributed by atoms with Crippen LogP contribution in [0, 0.1) is 0 Å². The molecule has 0 aromatic heterocycles. The zero-order chi connectivity index (χ0) is 16.7. The Morgan fingerprint density at radius 2 is 1.70 bits per heavy atom. The second-order valence-corrected chi connectivity index (χ2v) is 6.45. The Morgan fingerprint density at radius 3 is 2.35 bits per heavy atom. The molecule has 5 heteroatoms. The number of halogens is 1. The van der Waals surface area contributed by atoms with Gasteiger partial charge in [0.15, 0.2) is 0 Å². The molecule has 23 heavy (non-hydrogen) atoms. The molecule has 0 aliphatic rings. The van der Waals surface area contributed by atoms with E-state index in [4.69, 9.17) is 0 Å². The fourth-order valence-electron chi connectivity index (χ4n) is 2.14. The molecule has 2 N–H and O–H groups in total. The molecule has 0 aliphatic heterocycles. The molecule has 0 aliphatic carbocycles. The third-order valence-corrected chi connectivity index (χ3v) is 4.06. The second-order valence-electron chi connectivity index (χ2n) is 5.59. The lowest BCUT2D eigenvalue weighted by molar-refractivity contribution is 0.102. The molecule has 0 bridgehead atoms. The molecule has 1 amide bonds. The van der Waals surface area contributed by atoms with Crippen molar-refractivity contribution < 1.29 is 4.79 Å². The van der Waals surface area contributed by atoms with Crippen molar-refractivity contribution >= 4 is 33.2 Å². The van der Waals surface area contributed by atoms with Crippen LogP contribution in [0.25, 0.3) is 0 Å². The number of hydrogen-bond acceptors (Lipinski definition) is 3. The maximum atomic E-state index is 12.2. The van der Waals surface area contributed by atoms with E-state index in [1.165, 1.54) is 0 Å². The van der Waals surface area contributed by atoms with Crippen molar-refractivity contribution in [1.29, 1.82) is 0 Å². The standard InChI is InChI=1S/C18H22BrN3O/c1-22(2)13-5-12-20-14-8-10-15(11-9-14)21-18(23)16-6-3-4-7-17(16)19/h3-4,6-11,20H,5,12-13H2,1-2H3,(H,21,23). The van der Waals surface area contributed by atoms with E-state index in [1.54, 1.807) is 6.07 Å². The molecule has 2 rings (SSSR count). The van der Waals surface area contributed by atoms with E-state index in [-0.39, 0.29) is 5.91 Å². The highest BCUT2D eigenvalue weighted by molar-refractivity contribution is 9.10. The smallest absolute Gasteiger partial charge is 0.256 e. The predicted molar refractivity (Wildman–Crippen MR) is 100 cm³/mol. The van der Waals surface area contributed by atoms with Crippen molar-refractivity contribution in [2.45, 2.75) is 6.42 Å². The molecule has 0 saturated heterocycles. The van der Waals surface area contributed by atoms with E-state index in [9.17, 15) is 4.79 Å². The van der Waals surface area contributed by atoms with Gasteiger partial charge in [-0.2, -0.15) is 0 Å². The van der Waals surface area contributed by atoms with Crippen molar-refractivity contribution in [2.24, 2.45) is 0 Å². The molecule has 2 aromatic rings. The van der Waals surface area contributed by atoms with Crippen molar-refractivity contribution in [3.8, 4) is 0 Å². The predicted octanol–water partition coefficient (Wildman–Crippen LogP) is 4.07. The molecule has 0 unspecified atom stereocenters. The molecule has 4 nitrogen and oxygen atoms in total. The van der Waals surface area contributed by atoms with Crippen LogP contribution in [0.3, 0.4) is 0 Å². The number of nitrogens with one attached hydrogen (secondary N) is 2. The van der Waals surface area contributed by atoms with Gasteiger partial charge in [0.05, 0.1) is 5.56 Å². The number of hydrogen-bond donors (Lipinski definition) is 2. The second kappa shape index (κ2) is 8.70. The normalized spacial score (nSPS) is 10.6. The quantitative estimate of drug-likeness (QED) is 0.717. The maximum absolute atomic E-state index is 12.2. The van der Waals surface area contributed by atoms with Crippen LogP contribution in [0.5, 0.6) is 0 Å². The Bertz CT molecular complexity index is 641. The van der Waals surface area contributed by atoms with Crippen LogP contribution >= 0.6 is 15.9 Å². The Labute approximate surface area is 146 Å². The minimum atomic E-state index is -0.121. The zero-order valence-electron chi connectivity index (χ0n) is 13.5. The molecular weight excluding hydrogens is 354 g/mol. The third kappa shape index (κ3) is 5.69. The highest BCUT2D eigenvalue weighted by Crippen LogP contribution is 2.19. The fraction of sp³-hybridized carbons (Fsp3) is 0.278. The fourth-order valence-corrected chi connectivity index (χ4v) is 2.61. The number of amides is 1. The van der Waals surface area contributed by atoms with Crippen LogP contribution in [0.2, 0.25) is 0 Å². The van der Waals surface area contributed by atoms with Crippen molar-refractivity contribution in [3.05, 3.63) is 58.6 Å². The molecular formula is C18H22BrN3O. The van der Waals surface area contributed by atoms with E-state index >= 15 is 0 Å². The van der Waals surface area contributed by atoms with E-state index in [0.717, 1.165) is 35.4 Å². The molecule has 2 aromatic carbocycles. The lowest BCUT2D eigenvalue weighted by atomic mass is 10.2. The average molecular weight is 376 g/mol. The summed E-state index contributed by atoms with van der Waals surface area (Å²) in [6.07, 6.45) is 1.09. The monoisotopic (exact) mass is 375 g/mol. The number of benzene rings is 2. The molecule has 122 valence electrons. The topological polar surface area (TPSA) is 44.4 Å². The van der Waals surface area contributed by atoms with Crippen LogP contribution in [0.1, 0.15) is 16.8 Å². The first-order chi connectivity index (χ1) is 11.1. The highest BCUT2D eigenvalue weighted by Gasteiger charge is 2.09. The average Bonchev–Trinajstić information content (AvgIpc) is 2.53. The summed E-state index contributed by atoms with van der Waals surface area (Å²) >= 11 is 3.39. The third-order valence-electron chi connectivity index (χ3n) is 3.37. The minimum absolute atomic E-state index is 0.121. The van der Waals surface area contributed by atoms with E-state index in [2.05, 4.69) is 45.6 Å². The maximum Gasteiger partial charge on any atom is 0.256 e. The van der Waals surface area contributed by atoms with Gasteiger partial charge in [-0.05, 0) is 79.4 Å². The molecule has 0 fully saturated rings. The van der Waals surface area contributed by atoms with E-state index < -0.39 is 0 Å². The van der Waals surface area contributed by atoms with Gasteiger partial charge >= 0.3 is 0 Å². The number of carbonyl (C=O) groups excluding carboxylic acids is 1. The summed E-state index contributed by atoms with van der Waals surface area (Å²) in [4.78, 5) is 14.4. The van der Waals surface area contributed by atoms with E-state index in [0.29, 0.717) is 5.56 Å². The van der Waals surface area contributed by atoms with Crippen LogP contribution in [-0.4, -0.2) is 38.0 Å². The van der Waals surface area contributed by atoms with Crippen LogP contribution in [0.15, 0.2) is 53.0 Å². The summed E-state index contributed by atoms with van der Waals surface area (Å²) in [6.45, 7) is 1.99. The lowest BCUT2D eigenvalue weighted by Gasteiger charge is -2.11. The molecule has 0 atom stereocenters. The Kier molecular flexibility index (Phi) is 6.62. The first-order valence-corrected chi connectivity index (χ1v) is 8.40. The van der Waals surface area contributed by atoms with Gasteiger partial charge in [0.25, 0.3) is 5.91 Å². The zero-order valence-corrected chi connectivity index (χ0v) is 15.1. The first-order valence-electron chi connectivity index (χ1n) is 7.61. The van der Waals surface area contributed by atoms with Gasteiger partial charge in [0.1, 0.15) is 0 Å². The van der Waals surface area contributed by atoms with Gasteiger partial charge in [-0.3, -0.25) is 4.79 Å². The van der Waals surface area contributed by atoms with Crippen molar-refractivity contribution in [2.75, 3.05) is 37.8 Å². The largest absolute Gasteiger partial charge is 0.385 e. The number of anilines is 2. The summed E-state index contributed by atoms with van der Waals surface area (Å²) < 4.78 is 0.789. The van der Waals surface area contributed by atoms with Gasteiger partial charge in [0.2, 0.25) is 0 Å². The SMILES string of the molecule is CN(C)CCCNc1ccc(NC(=O)c2ccccc2Br)cc1. The molecule has 0 spiro atoms. The van der Waals surface area contributed by atoms with E-state index in [1.807, 2.05) is 42.5 Å². The van der Waals surface area contributed by atoms with Gasteiger partial charge in [-0.15, -0.1) is 0 Å². The first kappa shape index (κ1) is 17.5. The van der Waals surface area contributed by atoms with Crippen LogP contribution in [0.4, 0.5) is 11.4 Å². The van der Waals surface area contributed by atoms with Crippen LogP contribution in [-0.2, 0) is 0 Å². The number of carbonyl (C=O) groups is 1. The number of rotatable bonds is 7. The Hall–Kier alpha value is -1.85. The summed E-state index contributed by atoms with van der Waals surface area (Å²) in [5.41, 5.74) is 2.46. The summed E-state index contributed by atoms with van der Waals surface area (Å²) in [6, 6.07) is 15.1. The Morgan fingerprint density at radius 1 is 1.04 bits per heavy atom. The Balaban J connectivity index is 1.87. The summed E-state index contributed by atoms with van der Waals surface area (Å²) in [5.74, 6) is -0.121. The van der Waals surface area contributed by atoms with Gasteiger partial charge in [0, 0.05) is 22.4 Å². The van der Waals surface area contributed by atoms with Gasteiger partial charge < -0.3 is 15.5 Å². The number of nitrogens with zero attached hydrogens (tertiary/aromatic N) is 1. The molecule has 0 heterocycles. The van der Waals surface area contributed by atoms with Gasteiger partial charge in [-0.1, -0.05) is 12.1 Å². The molecule has 0 saturated carbocycles. The van der Waals surface area contributed by atoms with Gasteiger partial charge in [-0.25, -0.2) is 0 Å². The van der Waals surface area contributed by atoms with Crippen molar-refractivity contribution in [1.82, 2.24) is 4.90 Å².